The largest absolute Gasteiger partial charge is 0.447 e. The van der Waals surface area contributed by atoms with Crippen LogP contribution < -0.4 is 21.1 Å². The van der Waals surface area contributed by atoms with Crippen molar-refractivity contribution in [3.05, 3.63) is 75.2 Å². The number of rotatable bonds is 10. The fourth-order valence-corrected chi connectivity index (χ4v) is 5.38. The number of aromatic amines is 2. The van der Waals surface area contributed by atoms with Crippen molar-refractivity contribution >= 4 is 52.5 Å². The second kappa shape index (κ2) is 14.6. The van der Waals surface area contributed by atoms with Crippen LogP contribution in [0, 0.1) is 6.92 Å². The van der Waals surface area contributed by atoms with Crippen LogP contribution in [-0.4, -0.2) is 72.2 Å². The molecule has 230 valence electrons. The first-order valence-corrected chi connectivity index (χ1v) is 14.3. The summed E-state index contributed by atoms with van der Waals surface area (Å²) < 4.78 is 10.0. The molecule has 5 rings (SSSR count). The van der Waals surface area contributed by atoms with E-state index in [2.05, 4.69) is 31.6 Å². The van der Waals surface area contributed by atoms with Gasteiger partial charge in [0.1, 0.15) is 18.0 Å². The van der Waals surface area contributed by atoms with E-state index in [9.17, 15) is 14.7 Å². The minimum atomic E-state index is -0.822. The zero-order chi connectivity index (χ0) is 29.6. The average Bonchev–Trinajstić information content (AvgIpc) is 3.41. The molecule has 13 heteroatoms. The number of methoxy groups -OCH3 is 1. The number of piperidine rings is 1. The van der Waals surface area contributed by atoms with Crippen molar-refractivity contribution in [2.24, 2.45) is 0 Å². The number of aliphatic hydroxyl groups excluding tert-OH is 1. The van der Waals surface area contributed by atoms with Crippen LogP contribution in [0.3, 0.4) is 0 Å². The standard InChI is InChI=1S/C30H35ClN6O5.ClH/c1-18-14-22(37-10-7-21(8-11-37)34-30(40)42-13-12-41-2)16-24-27(18)36-28(35-24)26-23(6-9-32-29(26)39)33-17-25(38)19-4-3-5-20(31)15-19;/h3-6,9,14-16,21,25,38H,7-8,10-13,17H2,1-2H3,(H,34,40)(H,35,36)(H2,32,33,39);1H/t25-;/m1./s1. The maximum atomic E-state index is 13.0. The second-order valence-electron chi connectivity index (χ2n) is 10.3. The number of carbonyl (C=O) groups excluding carboxylic acids is 1. The van der Waals surface area contributed by atoms with E-state index < -0.39 is 12.2 Å². The smallest absolute Gasteiger partial charge is 0.407 e. The van der Waals surface area contributed by atoms with Gasteiger partial charge in [-0.15, -0.1) is 12.4 Å². The molecule has 0 spiro atoms. The maximum Gasteiger partial charge on any atom is 0.407 e. The molecule has 1 atom stereocenters. The van der Waals surface area contributed by atoms with Crippen molar-refractivity contribution < 1.29 is 19.4 Å². The number of ether oxygens (including phenoxy) is 2. The monoisotopic (exact) mass is 630 g/mol. The molecule has 43 heavy (non-hydrogen) atoms. The maximum absolute atomic E-state index is 13.0. The third-order valence-corrected chi connectivity index (χ3v) is 7.62. The summed E-state index contributed by atoms with van der Waals surface area (Å²) in [6.07, 6.45) is 1.90. The number of fused-ring (bicyclic) bond motifs is 1. The second-order valence-corrected chi connectivity index (χ2v) is 10.8. The summed E-state index contributed by atoms with van der Waals surface area (Å²) in [4.78, 5) is 38.1. The Morgan fingerprint density at radius 1 is 1.21 bits per heavy atom. The third kappa shape index (κ3) is 7.80. The Hall–Kier alpha value is -3.77. The number of imidazole rings is 1. The van der Waals surface area contributed by atoms with Crippen LogP contribution in [0.2, 0.25) is 5.02 Å². The highest BCUT2D eigenvalue weighted by Gasteiger charge is 2.23. The third-order valence-electron chi connectivity index (χ3n) is 7.38. The number of aliphatic hydroxyl groups is 1. The van der Waals surface area contributed by atoms with Gasteiger partial charge < -0.3 is 40.1 Å². The number of aryl methyl sites for hydroxylation is 1. The van der Waals surface area contributed by atoms with E-state index in [0.717, 1.165) is 48.2 Å². The number of hydrogen-bond acceptors (Lipinski definition) is 8. The van der Waals surface area contributed by atoms with Crippen LogP contribution in [0.15, 0.2) is 53.5 Å². The van der Waals surface area contributed by atoms with Gasteiger partial charge in [0.15, 0.2) is 0 Å². The first-order valence-electron chi connectivity index (χ1n) is 13.9. The van der Waals surface area contributed by atoms with Gasteiger partial charge in [-0.2, -0.15) is 0 Å². The van der Waals surface area contributed by atoms with Crippen molar-refractivity contribution in [2.75, 3.05) is 50.2 Å². The van der Waals surface area contributed by atoms with E-state index in [4.69, 9.17) is 26.1 Å². The number of carbonyl (C=O) groups is 1. The van der Waals surface area contributed by atoms with E-state index in [1.165, 1.54) is 0 Å². The van der Waals surface area contributed by atoms with Gasteiger partial charge in [-0.05, 0) is 61.2 Å². The summed E-state index contributed by atoms with van der Waals surface area (Å²) in [6.45, 7) is 4.32. The van der Waals surface area contributed by atoms with Gasteiger partial charge in [0.25, 0.3) is 5.56 Å². The molecular weight excluding hydrogens is 595 g/mol. The van der Waals surface area contributed by atoms with Crippen molar-refractivity contribution in [2.45, 2.75) is 31.9 Å². The van der Waals surface area contributed by atoms with Crippen LogP contribution in [0.1, 0.15) is 30.1 Å². The van der Waals surface area contributed by atoms with E-state index in [0.29, 0.717) is 34.3 Å². The number of halogens is 2. The number of amides is 1. The molecule has 4 aromatic rings. The molecule has 2 aromatic carbocycles. The fourth-order valence-electron chi connectivity index (χ4n) is 5.18. The van der Waals surface area contributed by atoms with Gasteiger partial charge in [-0.1, -0.05) is 23.7 Å². The number of nitrogens with one attached hydrogen (secondary N) is 4. The quantitative estimate of drug-likeness (QED) is 0.157. The molecule has 0 saturated carbocycles. The Bertz CT molecular complexity index is 1600. The number of alkyl carbamates (subject to hydrolysis) is 1. The lowest BCUT2D eigenvalue weighted by Crippen LogP contribution is -2.45. The Morgan fingerprint density at radius 3 is 2.74 bits per heavy atom. The van der Waals surface area contributed by atoms with E-state index in [-0.39, 0.29) is 37.2 Å². The molecule has 11 nitrogen and oxygen atoms in total. The Kier molecular flexibility index (Phi) is 10.9. The topological polar surface area (TPSA) is 145 Å². The van der Waals surface area contributed by atoms with Gasteiger partial charge in [-0.25, -0.2) is 9.78 Å². The lowest BCUT2D eigenvalue weighted by Gasteiger charge is -2.34. The van der Waals surface area contributed by atoms with Crippen molar-refractivity contribution in [1.82, 2.24) is 20.3 Å². The highest BCUT2D eigenvalue weighted by atomic mass is 35.5. The lowest BCUT2D eigenvalue weighted by atomic mass is 10.0. The number of benzene rings is 2. The number of anilines is 2. The van der Waals surface area contributed by atoms with Crippen LogP contribution in [0.25, 0.3) is 22.4 Å². The van der Waals surface area contributed by atoms with Crippen LogP contribution in [0.5, 0.6) is 0 Å². The first-order chi connectivity index (χ1) is 20.3. The molecule has 0 radical (unpaired) electrons. The Labute approximate surface area is 260 Å². The molecular formula is C30H36Cl2N6O5. The average molecular weight is 632 g/mol. The van der Waals surface area contributed by atoms with Gasteiger partial charge >= 0.3 is 6.09 Å². The Balaban J connectivity index is 0.00000423. The van der Waals surface area contributed by atoms with Crippen molar-refractivity contribution in [3.63, 3.8) is 0 Å². The molecule has 0 bridgehead atoms. The predicted octanol–water partition coefficient (Wildman–Crippen LogP) is 4.79. The highest BCUT2D eigenvalue weighted by Crippen LogP contribution is 2.30. The zero-order valence-electron chi connectivity index (χ0n) is 24.0. The van der Waals surface area contributed by atoms with E-state index in [1.807, 2.05) is 13.0 Å². The normalized spacial score (nSPS) is 14.3. The van der Waals surface area contributed by atoms with Crippen LogP contribution in [0.4, 0.5) is 16.2 Å². The van der Waals surface area contributed by atoms with Crippen molar-refractivity contribution in [3.8, 4) is 11.4 Å². The van der Waals surface area contributed by atoms with Crippen molar-refractivity contribution in [1.29, 1.82) is 0 Å². The van der Waals surface area contributed by atoms with Crippen LogP contribution in [-0.2, 0) is 9.47 Å². The molecule has 1 fully saturated rings. The molecule has 2 aromatic heterocycles. The minimum absolute atomic E-state index is 0. The Morgan fingerprint density at radius 2 is 2.00 bits per heavy atom. The zero-order valence-corrected chi connectivity index (χ0v) is 25.6. The molecule has 0 unspecified atom stereocenters. The highest BCUT2D eigenvalue weighted by molar-refractivity contribution is 6.30. The molecule has 0 aliphatic carbocycles. The van der Waals surface area contributed by atoms with E-state index in [1.54, 1.807) is 43.6 Å². The molecule has 1 aliphatic heterocycles. The van der Waals surface area contributed by atoms with Gasteiger partial charge in [0.05, 0.1) is 29.4 Å². The number of hydrogen-bond donors (Lipinski definition) is 5. The summed E-state index contributed by atoms with van der Waals surface area (Å²) in [6, 6.07) is 13.0. The summed E-state index contributed by atoms with van der Waals surface area (Å²) in [5.74, 6) is 0.432. The summed E-state index contributed by atoms with van der Waals surface area (Å²) in [5.41, 5.74) is 4.89. The molecule has 1 aliphatic rings. The fraction of sp³-hybridized carbons (Fsp3) is 0.367. The summed E-state index contributed by atoms with van der Waals surface area (Å²) in [5, 5.41) is 17.3. The summed E-state index contributed by atoms with van der Waals surface area (Å²) in [7, 11) is 1.56. The summed E-state index contributed by atoms with van der Waals surface area (Å²) >= 11 is 6.07. The molecule has 5 N–H and O–H groups in total. The predicted molar refractivity (Wildman–Crippen MR) is 171 cm³/mol. The SMILES string of the molecule is COCCOC(=O)NC1CCN(c2cc(C)c3nc(-c4c(NC[C@@H](O)c5cccc(Cl)c5)cc[nH]c4=O)[nH]c3c2)CC1.Cl. The number of pyridine rings is 1. The van der Waals surface area contributed by atoms with Crippen LogP contribution >= 0.6 is 24.0 Å². The lowest BCUT2D eigenvalue weighted by molar-refractivity contribution is 0.0956. The molecule has 1 saturated heterocycles. The van der Waals surface area contributed by atoms with Gasteiger partial charge in [-0.3, -0.25) is 4.79 Å². The van der Waals surface area contributed by atoms with Gasteiger partial charge in [0, 0.05) is 49.7 Å². The molecule has 3 heterocycles. The molecule has 1 amide bonds. The number of aromatic nitrogens is 3. The van der Waals surface area contributed by atoms with Gasteiger partial charge in [0.2, 0.25) is 0 Å². The number of H-pyrrole nitrogens is 2. The number of nitrogens with zero attached hydrogens (tertiary/aromatic N) is 2. The minimum Gasteiger partial charge on any atom is -0.447 e. The van der Waals surface area contributed by atoms with E-state index >= 15 is 0 Å². The first kappa shape index (κ1) is 32.2.